The molecule has 1 aliphatic carbocycles. The Morgan fingerprint density at radius 3 is 2.95 bits per heavy atom. The van der Waals surface area contributed by atoms with Crippen LogP contribution in [0.4, 0.5) is 5.69 Å². The van der Waals surface area contributed by atoms with Gasteiger partial charge in [0, 0.05) is 24.7 Å². The number of carbonyl (C=O) groups excluding carboxylic acids is 1. The second-order valence-electron chi connectivity index (χ2n) is 5.37. The minimum Gasteiger partial charge on any atom is -0.408 e. The fraction of sp³-hybridized carbons (Fsp3) is 0.429. The maximum Gasteiger partial charge on any atom is 0.419 e. The first kappa shape index (κ1) is 12.9. The standard InChI is InChI=1S/C14H17N3O3/c1-17-11-7-10(4-5-12(11)20-14(17)19)16-13(18)8-2-3-9(15)6-8/h4-5,7-9H,2-3,6,15H2,1H3,(H,16,18). The fourth-order valence-corrected chi connectivity index (χ4v) is 2.70. The molecule has 1 heterocycles. The molecule has 2 aromatic rings. The molecule has 0 radical (unpaired) electrons. The highest BCUT2D eigenvalue weighted by Gasteiger charge is 2.27. The van der Waals surface area contributed by atoms with Crippen molar-refractivity contribution in [2.45, 2.75) is 25.3 Å². The molecule has 1 fully saturated rings. The number of oxazole rings is 1. The molecule has 0 aliphatic heterocycles. The van der Waals surface area contributed by atoms with Crippen LogP contribution in [0.5, 0.6) is 0 Å². The quantitative estimate of drug-likeness (QED) is 0.861. The first-order valence-corrected chi connectivity index (χ1v) is 6.70. The number of carbonyl (C=O) groups is 1. The summed E-state index contributed by atoms with van der Waals surface area (Å²) in [7, 11) is 1.63. The summed E-state index contributed by atoms with van der Waals surface area (Å²) in [4.78, 5) is 23.5. The first-order valence-electron chi connectivity index (χ1n) is 6.70. The van der Waals surface area contributed by atoms with Crippen LogP contribution in [0.2, 0.25) is 0 Å². The lowest BCUT2D eigenvalue weighted by atomic mass is 10.1. The van der Waals surface area contributed by atoms with Gasteiger partial charge in [-0.25, -0.2) is 4.79 Å². The molecular weight excluding hydrogens is 258 g/mol. The lowest BCUT2D eigenvalue weighted by Gasteiger charge is -2.10. The van der Waals surface area contributed by atoms with Gasteiger partial charge in [0.25, 0.3) is 0 Å². The summed E-state index contributed by atoms with van der Waals surface area (Å²) in [5, 5.41) is 2.88. The monoisotopic (exact) mass is 275 g/mol. The Morgan fingerprint density at radius 2 is 2.25 bits per heavy atom. The molecule has 1 amide bonds. The number of hydrogen-bond donors (Lipinski definition) is 2. The van der Waals surface area contributed by atoms with E-state index in [4.69, 9.17) is 10.2 Å². The predicted molar refractivity (Wildman–Crippen MR) is 75.4 cm³/mol. The van der Waals surface area contributed by atoms with Crippen LogP contribution >= 0.6 is 0 Å². The Bertz CT molecular complexity index is 716. The second kappa shape index (κ2) is 4.79. The smallest absolute Gasteiger partial charge is 0.408 e. The summed E-state index contributed by atoms with van der Waals surface area (Å²) in [6, 6.07) is 5.29. The van der Waals surface area contributed by atoms with Gasteiger partial charge < -0.3 is 15.5 Å². The van der Waals surface area contributed by atoms with E-state index in [0.29, 0.717) is 16.8 Å². The van der Waals surface area contributed by atoms with Crippen molar-refractivity contribution >= 4 is 22.7 Å². The van der Waals surface area contributed by atoms with E-state index in [1.54, 1.807) is 25.2 Å². The zero-order chi connectivity index (χ0) is 14.3. The molecule has 6 heteroatoms. The average Bonchev–Trinajstić information content (AvgIpc) is 2.96. The molecule has 3 N–H and O–H groups in total. The molecule has 0 spiro atoms. The van der Waals surface area contributed by atoms with Crippen molar-refractivity contribution in [3.05, 3.63) is 28.7 Å². The molecule has 1 aromatic heterocycles. The van der Waals surface area contributed by atoms with Gasteiger partial charge in [-0.05, 0) is 37.5 Å². The minimum absolute atomic E-state index is 0.00852. The number of amides is 1. The average molecular weight is 275 g/mol. The van der Waals surface area contributed by atoms with Crippen LogP contribution < -0.4 is 16.8 Å². The second-order valence-corrected chi connectivity index (χ2v) is 5.37. The van der Waals surface area contributed by atoms with Crippen LogP contribution in [0, 0.1) is 5.92 Å². The molecular formula is C14H17N3O3. The van der Waals surface area contributed by atoms with Gasteiger partial charge in [0.1, 0.15) is 0 Å². The Kier molecular flexibility index (Phi) is 3.10. The fourth-order valence-electron chi connectivity index (χ4n) is 2.70. The maximum atomic E-state index is 12.1. The van der Waals surface area contributed by atoms with Crippen LogP contribution in [0.1, 0.15) is 19.3 Å². The first-order chi connectivity index (χ1) is 9.54. The number of nitrogens with one attached hydrogen (secondary N) is 1. The number of hydrogen-bond acceptors (Lipinski definition) is 4. The van der Waals surface area contributed by atoms with Crippen LogP contribution in [-0.4, -0.2) is 16.5 Å². The predicted octanol–water partition coefficient (Wildman–Crippen LogP) is 1.20. The third kappa shape index (κ3) is 2.22. The van der Waals surface area contributed by atoms with Crippen molar-refractivity contribution in [2.75, 3.05) is 5.32 Å². The lowest BCUT2D eigenvalue weighted by molar-refractivity contribution is -0.119. The Morgan fingerprint density at radius 1 is 1.45 bits per heavy atom. The van der Waals surface area contributed by atoms with Crippen molar-refractivity contribution in [3.8, 4) is 0 Å². The number of anilines is 1. The number of benzene rings is 1. The summed E-state index contributed by atoms with van der Waals surface area (Å²) in [5.41, 5.74) is 7.66. The summed E-state index contributed by atoms with van der Waals surface area (Å²) in [5.74, 6) is -0.440. The van der Waals surface area contributed by atoms with Crippen molar-refractivity contribution in [2.24, 2.45) is 18.7 Å². The van der Waals surface area contributed by atoms with Crippen molar-refractivity contribution in [1.29, 1.82) is 0 Å². The van der Waals surface area contributed by atoms with Gasteiger partial charge in [0.15, 0.2) is 5.58 Å². The van der Waals surface area contributed by atoms with Gasteiger partial charge in [-0.15, -0.1) is 0 Å². The molecule has 6 nitrogen and oxygen atoms in total. The summed E-state index contributed by atoms with van der Waals surface area (Å²) in [6.45, 7) is 0. The highest BCUT2D eigenvalue weighted by Crippen LogP contribution is 2.26. The maximum absolute atomic E-state index is 12.1. The van der Waals surface area contributed by atoms with Crippen molar-refractivity contribution < 1.29 is 9.21 Å². The number of aromatic nitrogens is 1. The third-order valence-corrected chi connectivity index (χ3v) is 3.90. The van der Waals surface area contributed by atoms with Crippen LogP contribution in [-0.2, 0) is 11.8 Å². The molecule has 3 rings (SSSR count). The molecule has 2 unspecified atom stereocenters. The lowest BCUT2D eigenvalue weighted by Crippen LogP contribution is -2.23. The van der Waals surface area contributed by atoms with Crippen molar-refractivity contribution in [3.63, 3.8) is 0 Å². The molecule has 0 bridgehead atoms. The summed E-state index contributed by atoms with van der Waals surface area (Å²) < 4.78 is 6.46. The normalized spacial score (nSPS) is 22.3. The SMILES string of the molecule is Cn1c(=O)oc2ccc(NC(=O)C3CCC(N)C3)cc21. The molecule has 0 saturated heterocycles. The molecule has 1 saturated carbocycles. The molecule has 20 heavy (non-hydrogen) atoms. The van der Waals surface area contributed by atoms with E-state index >= 15 is 0 Å². The van der Waals surface area contributed by atoms with Gasteiger partial charge in [-0.2, -0.15) is 0 Å². The van der Waals surface area contributed by atoms with E-state index in [-0.39, 0.29) is 17.9 Å². The number of aryl methyl sites for hydroxylation is 1. The van der Waals surface area contributed by atoms with E-state index in [1.165, 1.54) is 4.57 Å². The van der Waals surface area contributed by atoms with E-state index < -0.39 is 5.76 Å². The Balaban J connectivity index is 1.82. The highest BCUT2D eigenvalue weighted by atomic mass is 16.4. The van der Waals surface area contributed by atoms with Gasteiger partial charge in [0.05, 0.1) is 5.52 Å². The van der Waals surface area contributed by atoms with Gasteiger partial charge >= 0.3 is 5.76 Å². The van der Waals surface area contributed by atoms with Gasteiger partial charge in [-0.3, -0.25) is 9.36 Å². The summed E-state index contributed by atoms with van der Waals surface area (Å²) in [6.07, 6.45) is 2.46. The van der Waals surface area contributed by atoms with Crippen molar-refractivity contribution in [1.82, 2.24) is 4.57 Å². The number of rotatable bonds is 2. The number of fused-ring (bicyclic) bond motifs is 1. The molecule has 2 atom stereocenters. The van der Waals surface area contributed by atoms with E-state index in [1.807, 2.05) is 0 Å². The van der Waals surface area contributed by atoms with E-state index in [0.717, 1.165) is 19.3 Å². The van der Waals surface area contributed by atoms with Crippen LogP contribution in [0.15, 0.2) is 27.4 Å². The van der Waals surface area contributed by atoms with E-state index in [9.17, 15) is 9.59 Å². The number of nitrogens with two attached hydrogens (primary N) is 1. The Labute approximate surface area is 115 Å². The van der Waals surface area contributed by atoms with Crippen LogP contribution in [0.3, 0.4) is 0 Å². The third-order valence-electron chi connectivity index (χ3n) is 3.90. The number of nitrogens with zero attached hydrogens (tertiary/aromatic N) is 1. The largest absolute Gasteiger partial charge is 0.419 e. The van der Waals surface area contributed by atoms with Gasteiger partial charge in [0.2, 0.25) is 5.91 Å². The zero-order valence-corrected chi connectivity index (χ0v) is 11.3. The minimum atomic E-state index is -0.412. The topological polar surface area (TPSA) is 90.3 Å². The zero-order valence-electron chi connectivity index (χ0n) is 11.3. The summed E-state index contributed by atoms with van der Waals surface area (Å²) >= 11 is 0. The van der Waals surface area contributed by atoms with E-state index in [2.05, 4.69) is 5.32 Å². The molecule has 106 valence electrons. The Hall–Kier alpha value is -2.08. The highest BCUT2D eigenvalue weighted by molar-refractivity contribution is 5.94. The van der Waals surface area contributed by atoms with Gasteiger partial charge in [-0.1, -0.05) is 0 Å². The van der Waals surface area contributed by atoms with Crippen LogP contribution in [0.25, 0.3) is 11.1 Å². The molecule has 1 aliphatic rings. The molecule has 1 aromatic carbocycles.